The maximum Gasteiger partial charge on any atom is 0.224 e. The van der Waals surface area contributed by atoms with Gasteiger partial charge in [0.05, 0.1) is 12.6 Å². The van der Waals surface area contributed by atoms with Crippen molar-refractivity contribution in [2.24, 2.45) is 5.92 Å². The Bertz CT molecular complexity index is 863. The molecule has 1 N–H and O–H groups in total. The molecule has 0 aromatic heterocycles. The number of fused-ring (bicyclic) bond motifs is 1. The molecule has 2 aliphatic rings. The SMILES string of the molecule is C[C@H](c1ccccc1)N(CCO)CCC(=O)N1CCc2ccccc2C1C1CCCCC1. The standard InChI is InChI=1S/C28H38N2O2/c1-22(23-10-4-2-5-11-23)29(20-21-31)18-17-27(32)30-19-16-24-12-8-9-15-26(24)28(30)25-13-6-3-7-14-25/h2,4-5,8-12,15,22,25,28,31H,3,6-7,13-14,16-21H2,1H3/t22-,28?/m1/s1. The third-order valence-electron chi connectivity index (χ3n) is 7.58. The van der Waals surface area contributed by atoms with Crippen LogP contribution in [0.5, 0.6) is 0 Å². The summed E-state index contributed by atoms with van der Waals surface area (Å²) in [6, 6.07) is 19.5. The van der Waals surface area contributed by atoms with Crippen LogP contribution in [0.3, 0.4) is 0 Å². The zero-order valence-corrected chi connectivity index (χ0v) is 19.5. The Morgan fingerprint density at radius 2 is 1.75 bits per heavy atom. The van der Waals surface area contributed by atoms with Crippen LogP contribution in [-0.4, -0.2) is 47.1 Å². The van der Waals surface area contributed by atoms with Crippen LogP contribution in [0.4, 0.5) is 0 Å². The minimum atomic E-state index is 0.104. The first-order chi connectivity index (χ1) is 15.7. The lowest BCUT2D eigenvalue weighted by Gasteiger charge is -2.43. The molecule has 0 bridgehead atoms. The van der Waals surface area contributed by atoms with E-state index < -0.39 is 0 Å². The van der Waals surface area contributed by atoms with Crippen molar-refractivity contribution in [2.75, 3.05) is 26.2 Å². The number of rotatable bonds is 8. The maximum absolute atomic E-state index is 13.6. The van der Waals surface area contributed by atoms with Crippen molar-refractivity contribution in [3.8, 4) is 0 Å². The summed E-state index contributed by atoms with van der Waals surface area (Å²) < 4.78 is 0. The van der Waals surface area contributed by atoms with Crippen molar-refractivity contribution in [3.63, 3.8) is 0 Å². The van der Waals surface area contributed by atoms with Gasteiger partial charge in [-0.05, 0) is 48.8 Å². The van der Waals surface area contributed by atoms with Crippen LogP contribution in [0.2, 0.25) is 0 Å². The summed E-state index contributed by atoms with van der Waals surface area (Å²) in [6.07, 6.45) is 7.80. The van der Waals surface area contributed by atoms with Gasteiger partial charge in [0.25, 0.3) is 0 Å². The summed E-state index contributed by atoms with van der Waals surface area (Å²) >= 11 is 0. The molecule has 2 atom stereocenters. The first-order valence-electron chi connectivity index (χ1n) is 12.5. The van der Waals surface area contributed by atoms with E-state index in [-0.39, 0.29) is 24.6 Å². The fourth-order valence-electron chi connectivity index (χ4n) is 5.79. The number of aliphatic hydroxyl groups excluding tert-OH is 1. The molecular formula is C28H38N2O2. The maximum atomic E-state index is 13.6. The largest absolute Gasteiger partial charge is 0.395 e. The Balaban J connectivity index is 1.48. The molecule has 0 spiro atoms. The average Bonchev–Trinajstić information content (AvgIpc) is 2.86. The summed E-state index contributed by atoms with van der Waals surface area (Å²) in [4.78, 5) is 18.0. The van der Waals surface area contributed by atoms with Crippen LogP contribution in [0.1, 0.15) is 74.2 Å². The second-order valence-corrected chi connectivity index (χ2v) is 9.48. The fourth-order valence-corrected chi connectivity index (χ4v) is 5.79. The highest BCUT2D eigenvalue weighted by Gasteiger charge is 2.36. The van der Waals surface area contributed by atoms with Gasteiger partial charge in [0.1, 0.15) is 0 Å². The molecule has 1 amide bonds. The van der Waals surface area contributed by atoms with Crippen molar-refractivity contribution in [1.29, 1.82) is 0 Å². The molecule has 2 aromatic carbocycles. The number of amides is 1. The predicted molar refractivity (Wildman–Crippen MR) is 129 cm³/mol. The lowest BCUT2D eigenvalue weighted by atomic mass is 9.77. The third-order valence-corrected chi connectivity index (χ3v) is 7.58. The molecule has 1 saturated carbocycles. The lowest BCUT2D eigenvalue weighted by Crippen LogP contribution is -2.45. The molecule has 2 aromatic rings. The Morgan fingerprint density at radius 3 is 2.50 bits per heavy atom. The van der Waals surface area contributed by atoms with E-state index in [1.807, 2.05) is 18.2 Å². The highest BCUT2D eigenvalue weighted by Crippen LogP contribution is 2.42. The summed E-state index contributed by atoms with van der Waals surface area (Å²) in [6.45, 7) is 4.35. The summed E-state index contributed by atoms with van der Waals surface area (Å²) in [7, 11) is 0. The average molecular weight is 435 g/mol. The second kappa shape index (κ2) is 11.1. The predicted octanol–water partition coefficient (Wildman–Crippen LogP) is 5.14. The molecule has 1 heterocycles. The van der Waals surface area contributed by atoms with Crippen molar-refractivity contribution < 1.29 is 9.90 Å². The Kier molecular flexibility index (Phi) is 7.99. The van der Waals surface area contributed by atoms with Crippen molar-refractivity contribution >= 4 is 5.91 Å². The Hall–Kier alpha value is -2.17. The molecule has 32 heavy (non-hydrogen) atoms. The molecule has 1 fully saturated rings. The minimum Gasteiger partial charge on any atom is -0.395 e. The quantitative estimate of drug-likeness (QED) is 0.626. The number of carbonyl (C=O) groups is 1. The molecule has 4 nitrogen and oxygen atoms in total. The van der Waals surface area contributed by atoms with Crippen LogP contribution in [-0.2, 0) is 11.2 Å². The van der Waals surface area contributed by atoms with Gasteiger partial charge in [-0.15, -0.1) is 0 Å². The van der Waals surface area contributed by atoms with Crippen LogP contribution in [0.25, 0.3) is 0 Å². The van der Waals surface area contributed by atoms with E-state index in [1.54, 1.807) is 0 Å². The van der Waals surface area contributed by atoms with Crippen LogP contribution < -0.4 is 0 Å². The topological polar surface area (TPSA) is 43.8 Å². The van der Waals surface area contributed by atoms with E-state index in [9.17, 15) is 9.90 Å². The molecule has 1 aliphatic carbocycles. The van der Waals surface area contributed by atoms with E-state index in [1.165, 1.54) is 48.8 Å². The smallest absolute Gasteiger partial charge is 0.224 e. The number of carbonyl (C=O) groups excluding carboxylic acids is 1. The van der Waals surface area contributed by atoms with E-state index in [0.717, 1.165) is 13.0 Å². The van der Waals surface area contributed by atoms with Crippen LogP contribution in [0, 0.1) is 5.92 Å². The molecular weight excluding hydrogens is 396 g/mol. The molecule has 1 unspecified atom stereocenters. The van der Waals surface area contributed by atoms with Gasteiger partial charge in [0, 0.05) is 32.1 Å². The van der Waals surface area contributed by atoms with E-state index in [0.29, 0.717) is 25.4 Å². The van der Waals surface area contributed by atoms with E-state index in [4.69, 9.17) is 0 Å². The number of nitrogens with zero attached hydrogens (tertiary/aromatic N) is 2. The first-order valence-corrected chi connectivity index (χ1v) is 12.5. The van der Waals surface area contributed by atoms with Crippen molar-refractivity contribution in [1.82, 2.24) is 9.80 Å². The third kappa shape index (κ3) is 5.24. The summed E-state index contributed by atoms with van der Waals surface area (Å²) in [5.41, 5.74) is 4.02. The van der Waals surface area contributed by atoms with Gasteiger partial charge in [-0.25, -0.2) is 0 Å². The number of hydrogen-bond acceptors (Lipinski definition) is 3. The highest BCUT2D eigenvalue weighted by molar-refractivity contribution is 5.77. The minimum absolute atomic E-state index is 0.104. The van der Waals surface area contributed by atoms with Gasteiger partial charge in [0.2, 0.25) is 5.91 Å². The van der Waals surface area contributed by atoms with Gasteiger partial charge >= 0.3 is 0 Å². The van der Waals surface area contributed by atoms with Gasteiger partial charge in [-0.1, -0.05) is 73.9 Å². The van der Waals surface area contributed by atoms with Gasteiger partial charge in [-0.3, -0.25) is 9.69 Å². The van der Waals surface area contributed by atoms with Crippen molar-refractivity contribution in [2.45, 2.75) is 64.0 Å². The summed E-state index contributed by atoms with van der Waals surface area (Å²) in [5.74, 6) is 0.837. The second-order valence-electron chi connectivity index (χ2n) is 9.48. The Morgan fingerprint density at radius 1 is 1.03 bits per heavy atom. The zero-order valence-electron chi connectivity index (χ0n) is 19.5. The number of benzene rings is 2. The van der Waals surface area contributed by atoms with E-state index >= 15 is 0 Å². The van der Waals surface area contributed by atoms with Crippen molar-refractivity contribution in [3.05, 3.63) is 71.3 Å². The highest BCUT2D eigenvalue weighted by atomic mass is 16.3. The normalized spacial score (nSPS) is 20.2. The molecule has 0 radical (unpaired) electrons. The molecule has 4 rings (SSSR count). The molecule has 172 valence electrons. The zero-order chi connectivity index (χ0) is 22.3. The van der Waals surface area contributed by atoms with E-state index in [2.05, 4.69) is 53.1 Å². The molecule has 4 heteroatoms. The number of hydrogen-bond donors (Lipinski definition) is 1. The van der Waals surface area contributed by atoms with Gasteiger partial charge in [0.15, 0.2) is 0 Å². The first kappa shape index (κ1) is 23.0. The summed E-state index contributed by atoms with van der Waals surface area (Å²) in [5, 5.41) is 9.63. The lowest BCUT2D eigenvalue weighted by molar-refractivity contribution is -0.136. The fraction of sp³-hybridized carbons (Fsp3) is 0.536. The van der Waals surface area contributed by atoms with Gasteiger partial charge < -0.3 is 10.0 Å². The monoisotopic (exact) mass is 434 g/mol. The van der Waals surface area contributed by atoms with Crippen LogP contribution in [0.15, 0.2) is 54.6 Å². The molecule has 0 saturated heterocycles. The van der Waals surface area contributed by atoms with Gasteiger partial charge in [-0.2, -0.15) is 0 Å². The molecule has 1 aliphatic heterocycles. The number of aliphatic hydroxyl groups is 1. The van der Waals surface area contributed by atoms with Crippen LogP contribution >= 0.6 is 0 Å². The Labute approximate surface area is 193 Å².